The van der Waals surface area contributed by atoms with Gasteiger partial charge in [-0.2, -0.15) is 0 Å². The Bertz CT molecular complexity index is 562. The fourth-order valence-corrected chi connectivity index (χ4v) is 3.86. The highest BCUT2D eigenvalue weighted by Crippen LogP contribution is 2.29. The Morgan fingerprint density at radius 3 is 2.70 bits per heavy atom. The zero-order valence-electron chi connectivity index (χ0n) is 11.3. The predicted octanol–water partition coefficient (Wildman–Crippen LogP) is 5.55. The highest BCUT2D eigenvalue weighted by Gasteiger charge is 2.13. The lowest BCUT2D eigenvalue weighted by atomic mass is 10.1. The molecule has 0 aromatic heterocycles. The van der Waals surface area contributed by atoms with E-state index in [2.05, 4.69) is 52.4 Å². The van der Waals surface area contributed by atoms with Gasteiger partial charge in [-0.1, -0.05) is 58.7 Å². The first-order chi connectivity index (χ1) is 9.70. The van der Waals surface area contributed by atoms with Crippen LogP contribution in [0.5, 0.6) is 0 Å². The van der Waals surface area contributed by atoms with Crippen LogP contribution in [0.2, 0.25) is 5.02 Å². The Morgan fingerprint density at radius 1 is 1.20 bits per heavy atom. The average Bonchev–Trinajstić information content (AvgIpc) is 2.44. The predicted molar refractivity (Wildman–Crippen MR) is 92.7 cm³/mol. The largest absolute Gasteiger partial charge is 0.309 e. The van der Waals surface area contributed by atoms with Crippen molar-refractivity contribution in [2.45, 2.75) is 17.9 Å². The van der Waals surface area contributed by atoms with Crippen LogP contribution >= 0.6 is 39.3 Å². The molecule has 2 rings (SSSR count). The lowest BCUT2D eigenvalue weighted by molar-refractivity contribution is 0.606. The molecule has 0 saturated heterocycles. The lowest BCUT2D eigenvalue weighted by Gasteiger charge is -2.19. The standard InChI is InChI=1S/C16H17BrClNS/c1-2-19-16(14-8-3-4-9-15(14)18)11-20-13-7-5-6-12(17)10-13/h3-10,16,19H,2,11H2,1H3. The molecular weight excluding hydrogens is 354 g/mol. The van der Waals surface area contributed by atoms with E-state index in [9.17, 15) is 0 Å². The van der Waals surface area contributed by atoms with Gasteiger partial charge >= 0.3 is 0 Å². The van der Waals surface area contributed by atoms with Gasteiger partial charge in [0, 0.05) is 26.2 Å². The average molecular weight is 371 g/mol. The van der Waals surface area contributed by atoms with Gasteiger partial charge in [0.1, 0.15) is 0 Å². The van der Waals surface area contributed by atoms with Crippen molar-refractivity contribution in [3.63, 3.8) is 0 Å². The fourth-order valence-electron chi connectivity index (χ4n) is 2.00. The number of benzene rings is 2. The van der Waals surface area contributed by atoms with Gasteiger partial charge < -0.3 is 5.32 Å². The smallest absolute Gasteiger partial charge is 0.0454 e. The summed E-state index contributed by atoms with van der Waals surface area (Å²) in [5.41, 5.74) is 1.17. The molecule has 2 aromatic carbocycles. The molecule has 106 valence electrons. The van der Waals surface area contributed by atoms with Gasteiger partial charge in [0.25, 0.3) is 0 Å². The molecule has 1 unspecified atom stereocenters. The molecule has 0 aliphatic carbocycles. The summed E-state index contributed by atoms with van der Waals surface area (Å²) in [5, 5.41) is 4.33. The molecule has 1 atom stereocenters. The SMILES string of the molecule is CCNC(CSc1cccc(Br)c1)c1ccccc1Cl. The molecule has 0 amide bonds. The van der Waals surface area contributed by atoms with Gasteiger partial charge in [0.15, 0.2) is 0 Å². The maximum atomic E-state index is 6.30. The Morgan fingerprint density at radius 2 is 2.00 bits per heavy atom. The molecule has 0 radical (unpaired) electrons. The first-order valence-electron chi connectivity index (χ1n) is 6.57. The second-order valence-electron chi connectivity index (χ2n) is 4.40. The normalized spacial score (nSPS) is 12.3. The summed E-state index contributed by atoms with van der Waals surface area (Å²) < 4.78 is 1.11. The van der Waals surface area contributed by atoms with Crippen molar-refractivity contribution in [3.05, 3.63) is 63.6 Å². The summed E-state index contributed by atoms with van der Waals surface area (Å²) >= 11 is 11.6. The Hall–Kier alpha value is -0.480. The van der Waals surface area contributed by atoms with Crippen LogP contribution in [0.3, 0.4) is 0 Å². The van der Waals surface area contributed by atoms with E-state index in [1.165, 1.54) is 10.5 Å². The van der Waals surface area contributed by atoms with Gasteiger partial charge in [-0.3, -0.25) is 0 Å². The second-order valence-corrected chi connectivity index (χ2v) is 6.82. The molecule has 4 heteroatoms. The van der Waals surface area contributed by atoms with Crippen LogP contribution in [0.25, 0.3) is 0 Å². The molecule has 0 fully saturated rings. The van der Waals surface area contributed by atoms with E-state index in [0.29, 0.717) is 0 Å². The molecule has 2 aromatic rings. The van der Waals surface area contributed by atoms with E-state index in [-0.39, 0.29) is 6.04 Å². The molecule has 1 N–H and O–H groups in total. The summed E-state index contributed by atoms with van der Waals surface area (Å²) in [5.74, 6) is 0.952. The van der Waals surface area contributed by atoms with Gasteiger partial charge in [-0.15, -0.1) is 11.8 Å². The first-order valence-corrected chi connectivity index (χ1v) is 8.72. The zero-order chi connectivity index (χ0) is 14.4. The van der Waals surface area contributed by atoms with Crippen LogP contribution in [0, 0.1) is 0 Å². The van der Waals surface area contributed by atoms with Crippen molar-refractivity contribution in [2.24, 2.45) is 0 Å². The number of hydrogen-bond donors (Lipinski definition) is 1. The van der Waals surface area contributed by atoms with Crippen molar-refractivity contribution < 1.29 is 0 Å². The minimum atomic E-state index is 0.262. The highest BCUT2D eigenvalue weighted by molar-refractivity contribution is 9.10. The summed E-state index contributed by atoms with van der Waals surface area (Å²) in [6.45, 7) is 3.04. The van der Waals surface area contributed by atoms with Gasteiger partial charge in [-0.05, 0) is 36.4 Å². The number of nitrogens with one attached hydrogen (secondary N) is 1. The van der Waals surface area contributed by atoms with E-state index in [1.54, 1.807) is 0 Å². The summed E-state index contributed by atoms with van der Waals surface area (Å²) in [6, 6.07) is 16.7. The molecular formula is C16H17BrClNS. The van der Waals surface area contributed by atoms with Gasteiger partial charge in [0.2, 0.25) is 0 Å². The van der Waals surface area contributed by atoms with E-state index in [0.717, 1.165) is 21.8 Å². The Kier molecular flexibility index (Phi) is 6.43. The van der Waals surface area contributed by atoms with Crippen LogP contribution in [0.1, 0.15) is 18.5 Å². The van der Waals surface area contributed by atoms with Gasteiger partial charge in [-0.25, -0.2) is 0 Å². The van der Waals surface area contributed by atoms with E-state index < -0.39 is 0 Å². The Labute approximate surface area is 138 Å². The van der Waals surface area contributed by atoms with Crippen molar-refractivity contribution >= 4 is 39.3 Å². The number of rotatable bonds is 6. The minimum Gasteiger partial charge on any atom is -0.309 e. The molecule has 1 nitrogen and oxygen atoms in total. The summed E-state index contributed by atoms with van der Waals surface area (Å²) in [4.78, 5) is 1.26. The summed E-state index contributed by atoms with van der Waals surface area (Å²) in [7, 11) is 0. The van der Waals surface area contributed by atoms with Crippen LogP contribution in [-0.2, 0) is 0 Å². The maximum absolute atomic E-state index is 6.30. The molecule has 0 saturated carbocycles. The lowest BCUT2D eigenvalue weighted by Crippen LogP contribution is -2.23. The third-order valence-electron chi connectivity index (χ3n) is 2.94. The summed E-state index contributed by atoms with van der Waals surface area (Å²) in [6.07, 6.45) is 0. The van der Waals surface area contributed by atoms with E-state index >= 15 is 0 Å². The molecule has 20 heavy (non-hydrogen) atoms. The molecule has 0 bridgehead atoms. The minimum absolute atomic E-state index is 0.262. The maximum Gasteiger partial charge on any atom is 0.0454 e. The third kappa shape index (κ3) is 4.52. The number of hydrogen-bond acceptors (Lipinski definition) is 2. The quantitative estimate of drug-likeness (QED) is 0.669. The molecule has 0 spiro atoms. The molecule has 0 aliphatic heterocycles. The molecule has 0 heterocycles. The zero-order valence-corrected chi connectivity index (χ0v) is 14.4. The topological polar surface area (TPSA) is 12.0 Å². The third-order valence-corrected chi connectivity index (χ3v) is 4.87. The van der Waals surface area contributed by atoms with Crippen LogP contribution in [-0.4, -0.2) is 12.3 Å². The monoisotopic (exact) mass is 369 g/mol. The fraction of sp³-hybridized carbons (Fsp3) is 0.250. The number of halogens is 2. The van der Waals surface area contributed by atoms with Crippen molar-refractivity contribution in [3.8, 4) is 0 Å². The first kappa shape index (κ1) is 15.9. The van der Waals surface area contributed by atoms with Crippen LogP contribution < -0.4 is 5.32 Å². The van der Waals surface area contributed by atoms with Crippen molar-refractivity contribution in [1.29, 1.82) is 0 Å². The van der Waals surface area contributed by atoms with E-state index in [1.807, 2.05) is 36.0 Å². The van der Waals surface area contributed by atoms with Crippen molar-refractivity contribution in [1.82, 2.24) is 5.32 Å². The van der Waals surface area contributed by atoms with Crippen LogP contribution in [0.4, 0.5) is 0 Å². The highest BCUT2D eigenvalue weighted by atomic mass is 79.9. The molecule has 0 aliphatic rings. The van der Waals surface area contributed by atoms with E-state index in [4.69, 9.17) is 11.6 Å². The second kappa shape index (κ2) is 8.08. The van der Waals surface area contributed by atoms with Crippen molar-refractivity contribution in [2.75, 3.05) is 12.3 Å². The Balaban J connectivity index is 2.08. The number of thioether (sulfide) groups is 1. The van der Waals surface area contributed by atoms with Gasteiger partial charge in [0.05, 0.1) is 0 Å². The van der Waals surface area contributed by atoms with Crippen LogP contribution in [0.15, 0.2) is 57.9 Å².